The predicted molar refractivity (Wildman–Crippen MR) is 120 cm³/mol. The second-order valence-electron chi connectivity index (χ2n) is 7.47. The molecule has 0 atom stereocenters. The van der Waals surface area contributed by atoms with Crippen molar-refractivity contribution in [1.29, 1.82) is 0 Å². The van der Waals surface area contributed by atoms with Gasteiger partial charge in [0, 0.05) is 23.0 Å². The van der Waals surface area contributed by atoms with Gasteiger partial charge < -0.3 is 14.0 Å². The van der Waals surface area contributed by atoms with Gasteiger partial charge in [-0.2, -0.15) is 13.2 Å². The van der Waals surface area contributed by atoms with Crippen LogP contribution in [-0.4, -0.2) is 24.3 Å². The van der Waals surface area contributed by atoms with Crippen molar-refractivity contribution in [3.63, 3.8) is 0 Å². The smallest absolute Gasteiger partial charge is 0.416 e. The molecule has 0 spiro atoms. The van der Waals surface area contributed by atoms with Crippen molar-refractivity contribution in [2.45, 2.75) is 19.6 Å². The van der Waals surface area contributed by atoms with E-state index in [9.17, 15) is 18.0 Å². The number of carbonyl (C=O) groups is 1. The standard InChI is InChI=1S/C26H22F3NO3/c1-3-33-25(31)24-23(18-11-13-20(32-2)14-12-18)21-9-4-5-10-22(21)30(24)16-17-7-6-8-19(15-17)26(27,28)29/h4-15H,3,16H2,1-2H3. The Bertz CT molecular complexity index is 1290. The van der Waals surface area contributed by atoms with Crippen LogP contribution in [0.25, 0.3) is 22.0 Å². The highest BCUT2D eigenvalue weighted by Crippen LogP contribution is 2.37. The summed E-state index contributed by atoms with van der Waals surface area (Å²) >= 11 is 0. The molecule has 33 heavy (non-hydrogen) atoms. The molecule has 0 aliphatic carbocycles. The Hall–Kier alpha value is -3.74. The third kappa shape index (κ3) is 4.44. The molecule has 0 aliphatic rings. The van der Waals surface area contributed by atoms with Crippen LogP contribution in [0.3, 0.4) is 0 Å². The fourth-order valence-corrected chi connectivity index (χ4v) is 3.96. The lowest BCUT2D eigenvalue weighted by Gasteiger charge is -2.14. The highest BCUT2D eigenvalue weighted by atomic mass is 19.4. The highest BCUT2D eigenvalue weighted by Gasteiger charge is 2.31. The van der Waals surface area contributed by atoms with Crippen LogP contribution in [0.4, 0.5) is 13.2 Å². The van der Waals surface area contributed by atoms with E-state index in [4.69, 9.17) is 9.47 Å². The minimum absolute atomic E-state index is 0.0781. The van der Waals surface area contributed by atoms with Gasteiger partial charge in [0.15, 0.2) is 0 Å². The van der Waals surface area contributed by atoms with Gasteiger partial charge in [-0.15, -0.1) is 0 Å². The lowest BCUT2D eigenvalue weighted by atomic mass is 10.0. The minimum atomic E-state index is -4.45. The summed E-state index contributed by atoms with van der Waals surface area (Å²) in [6, 6.07) is 19.8. The van der Waals surface area contributed by atoms with E-state index in [2.05, 4.69) is 0 Å². The summed E-state index contributed by atoms with van der Waals surface area (Å²) in [5, 5.41) is 0.803. The van der Waals surface area contributed by atoms with E-state index in [-0.39, 0.29) is 13.2 Å². The Kier molecular flexibility index (Phi) is 6.14. The van der Waals surface area contributed by atoms with Gasteiger partial charge in [0.2, 0.25) is 0 Å². The molecule has 7 heteroatoms. The summed E-state index contributed by atoms with van der Waals surface area (Å²) in [5.41, 5.74) is 2.16. The number of hydrogen-bond donors (Lipinski definition) is 0. The normalized spacial score (nSPS) is 11.5. The van der Waals surface area contributed by atoms with Gasteiger partial charge in [0.25, 0.3) is 0 Å². The van der Waals surface area contributed by atoms with Crippen LogP contribution in [0.15, 0.2) is 72.8 Å². The summed E-state index contributed by atoms with van der Waals surface area (Å²) in [5.74, 6) is 0.135. The third-order valence-electron chi connectivity index (χ3n) is 5.41. The second-order valence-corrected chi connectivity index (χ2v) is 7.47. The van der Waals surface area contributed by atoms with Gasteiger partial charge in [0.1, 0.15) is 11.4 Å². The van der Waals surface area contributed by atoms with Gasteiger partial charge >= 0.3 is 12.1 Å². The van der Waals surface area contributed by atoms with Crippen LogP contribution in [0.1, 0.15) is 28.5 Å². The number of rotatable bonds is 6. The van der Waals surface area contributed by atoms with Crippen molar-refractivity contribution in [3.8, 4) is 16.9 Å². The number of aromatic nitrogens is 1. The molecule has 0 fully saturated rings. The summed E-state index contributed by atoms with van der Waals surface area (Å²) in [7, 11) is 1.57. The molecule has 0 saturated carbocycles. The average molecular weight is 453 g/mol. The first-order valence-electron chi connectivity index (χ1n) is 10.4. The fraction of sp³-hybridized carbons (Fsp3) is 0.192. The number of carbonyl (C=O) groups excluding carboxylic acids is 1. The van der Waals surface area contributed by atoms with E-state index < -0.39 is 17.7 Å². The van der Waals surface area contributed by atoms with Gasteiger partial charge in [-0.25, -0.2) is 4.79 Å². The first-order valence-corrected chi connectivity index (χ1v) is 10.4. The molecule has 4 rings (SSSR count). The van der Waals surface area contributed by atoms with Crippen LogP contribution in [0.2, 0.25) is 0 Å². The highest BCUT2D eigenvalue weighted by molar-refractivity contribution is 6.08. The summed E-state index contributed by atoms with van der Waals surface area (Å²) in [6.45, 7) is 1.96. The maximum absolute atomic E-state index is 13.3. The number of para-hydroxylation sites is 1. The van der Waals surface area contributed by atoms with Gasteiger partial charge in [0.05, 0.1) is 19.3 Å². The number of methoxy groups -OCH3 is 1. The molecule has 0 aliphatic heterocycles. The predicted octanol–water partition coefficient (Wildman–Crippen LogP) is 6.56. The van der Waals surface area contributed by atoms with Crippen molar-refractivity contribution in [1.82, 2.24) is 4.57 Å². The SMILES string of the molecule is CCOC(=O)c1c(-c2ccc(OC)cc2)c2ccccc2n1Cc1cccc(C(F)(F)F)c1. The second kappa shape index (κ2) is 9.02. The van der Waals surface area contributed by atoms with Gasteiger partial charge in [-0.3, -0.25) is 0 Å². The Morgan fingerprint density at radius 3 is 2.36 bits per heavy atom. The van der Waals surface area contributed by atoms with Crippen LogP contribution >= 0.6 is 0 Å². The Balaban J connectivity index is 1.94. The Morgan fingerprint density at radius 1 is 0.970 bits per heavy atom. The van der Waals surface area contributed by atoms with Gasteiger partial charge in [-0.1, -0.05) is 42.5 Å². The molecule has 0 amide bonds. The molecule has 0 radical (unpaired) electrons. The topological polar surface area (TPSA) is 40.5 Å². The van der Waals surface area contributed by atoms with E-state index in [1.807, 2.05) is 36.4 Å². The van der Waals surface area contributed by atoms with E-state index in [0.717, 1.165) is 28.6 Å². The maximum atomic E-state index is 13.3. The number of hydrogen-bond acceptors (Lipinski definition) is 3. The van der Waals surface area contributed by atoms with Crippen LogP contribution in [0.5, 0.6) is 5.75 Å². The van der Waals surface area contributed by atoms with Crippen LogP contribution < -0.4 is 4.74 Å². The number of nitrogens with zero attached hydrogens (tertiary/aromatic N) is 1. The number of benzene rings is 3. The van der Waals surface area contributed by atoms with Crippen LogP contribution in [-0.2, 0) is 17.5 Å². The van der Waals surface area contributed by atoms with E-state index >= 15 is 0 Å². The zero-order valence-electron chi connectivity index (χ0n) is 18.1. The number of alkyl halides is 3. The zero-order chi connectivity index (χ0) is 23.6. The third-order valence-corrected chi connectivity index (χ3v) is 5.41. The van der Waals surface area contributed by atoms with E-state index in [1.54, 1.807) is 36.8 Å². The van der Waals surface area contributed by atoms with Gasteiger partial charge in [-0.05, 0) is 48.4 Å². The maximum Gasteiger partial charge on any atom is 0.416 e. The molecular formula is C26H22F3NO3. The molecule has 3 aromatic carbocycles. The lowest BCUT2D eigenvalue weighted by Crippen LogP contribution is -2.14. The molecule has 4 nitrogen and oxygen atoms in total. The Labute approximate surface area is 189 Å². The van der Waals surface area contributed by atoms with Crippen molar-refractivity contribution in [3.05, 3.63) is 89.6 Å². The number of fused-ring (bicyclic) bond motifs is 1. The fourth-order valence-electron chi connectivity index (χ4n) is 3.96. The monoisotopic (exact) mass is 453 g/mol. The summed E-state index contributed by atoms with van der Waals surface area (Å²) < 4.78 is 52.1. The first-order chi connectivity index (χ1) is 15.8. The molecule has 4 aromatic rings. The molecule has 1 heterocycles. The number of halogens is 3. The quantitative estimate of drug-likeness (QED) is 0.311. The van der Waals surface area contributed by atoms with E-state index in [0.29, 0.717) is 22.6 Å². The summed E-state index contributed by atoms with van der Waals surface area (Å²) in [6.07, 6.45) is -4.45. The van der Waals surface area contributed by atoms with Crippen molar-refractivity contribution >= 4 is 16.9 Å². The summed E-state index contributed by atoms with van der Waals surface area (Å²) in [4.78, 5) is 13.1. The van der Waals surface area contributed by atoms with E-state index in [1.165, 1.54) is 6.07 Å². The zero-order valence-corrected chi connectivity index (χ0v) is 18.1. The molecular weight excluding hydrogens is 431 g/mol. The van der Waals surface area contributed by atoms with Crippen molar-refractivity contribution in [2.75, 3.05) is 13.7 Å². The largest absolute Gasteiger partial charge is 0.497 e. The lowest BCUT2D eigenvalue weighted by molar-refractivity contribution is -0.137. The molecule has 1 aromatic heterocycles. The van der Waals surface area contributed by atoms with Crippen molar-refractivity contribution < 1.29 is 27.4 Å². The average Bonchev–Trinajstić information content (AvgIpc) is 3.13. The van der Waals surface area contributed by atoms with Crippen molar-refractivity contribution in [2.24, 2.45) is 0 Å². The molecule has 170 valence electrons. The number of ether oxygens (including phenoxy) is 2. The number of esters is 1. The molecule has 0 bridgehead atoms. The van der Waals surface area contributed by atoms with Crippen LogP contribution in [0, 0.1) is 0 Å². The molecule has 0 saturated heterocycles. The minimum Gasteiger partial charge on any atom is -0.497 e. The molecule has 0 N–H and O–H groups in total. The first kappa shape index (κ1) is 22.5. The molecule has 0 unspecified atom stereocenters. The Morgan fingerprint density at radius 2 is 1.70 bits per heavy atom.